The van der Waals surface area contributed by atoms with Crippen LogP contribution in [-0.4, -0.2) is 40.4 Å². The Morgan fingerprint density at radius 3 is 3.07 bits per heavy atom. The quantitative estimate of drug-likeness (QED) is 0.691. The summed E-state index contributed by atoms with van der Waals surface area (Å²) in [6, 6.07) is 0. The van der Waals surface area contributed by atoms with Gasteiger partial charge in [-0.05, 0) is 6.92 Å². The molecule has 84 valence electrons. The summed E-state index contributed by atoms with van der Waals surface area (Å²) in [5, 5.41) is 6.81. The summed E-state index contributed by atoms with van der Waals surface area (Å²) in [5.74, 6) is 0.627. The summed E-state index contributed by atoms with van der Waals surface area (Å²) in [6.45, 7) is 3.06. The maximum Gasteiger partial charge on any atom is 0.246 e. The zero-order valence-electron chi connectivity index (χ0n) is 9.06. The van der Waals surface area contributed by atoms with E-state index < -0.39 is 0 Å². The first-order chi connectivity index (χ1) is 7.22. The van der Waals surface area contributed by atoms with E-state index in [0.717, 1.165) is 5.82 Å². The largest absolute Gasteiger partial charge is 0.372 e. The molecule has 0 aliphatic rings. The van der Waals surface area contributed by atoms with Crippen LogP contribution in [0.4, 0.5) is 0 Å². The molecule has 0 fully saturated rings. The summed E-state index contributed by atoms with van der Waals surface area (Å²) in [7, 11) is 1.81. The van der Waals surface area contributed by atoms with E-state index >= 15 is 0 Å². The Morgan fingerprint density at radius 1 is 1.67 bits per heavy atom. The molecular formula is C9H16N4O2. The second-order valence-electron chi connectivity index (χ2n) is 3.07. The van der Waals surface area contributed by atoms with Crippen LogP contribution in [0.1, 0.15) is 12.7 Å². The van der Waals surface area contributed by atoms with Gasteiger partial charge in [0.25, 0.3) is 0 Å². The molecule has 0 bridgehead atoms. The van der Waals surface area contributed by atoms with E-state index in [1.54, 1.807) is 11.0 Å². The fourth-order valence-corrected chi connectivity index (χ4v) is 1.06. The van der Waals surface area contributed by atoms with Crippen molar-refractivity contribution in [3.8, 4) is 0 Å². The molecule has 1 aromatic heterocycles. The fraction of sp³-hybridized carbons (Fsp3) is 0.667. The highest BCUT2D eigenvalue weighted by Gasteiger charge is 2.02. The smallest absolute Gasteiger partial charge is 0.246 e. The topological polar surface area (TPSA) is 69.0 Å². The Bertz CT molecular complexity index is 311. The number of aryl methyl sites for hydroxylation is 1. The lowest BCUT2D eigenvalue weighted by molar-refractivity contribution is -0.125. The van der Waals surface area contributed by atoms with Gasteiger partial charge in [0.1, 0.15) is 12.9 Å². The van der Waals surface area contributed by atoms with Crippen molar-refractivity contribution in [2.45, 2.75) is 13.3 Å². The maximum atomic E-state index is 11.1. The van der Waals surface area contributed by atoms with Crippen LogP contribution in [0.25, 0.3) is 0 Å². The molecule has 0 aliphatic carbocycles. The minimum atomic E-state index is -0.104. The number of ether oxygens (including phenoxy) is 1. The van der Waals surface area contributed by atoms with E-state index in [0.29, 0.717) is 19.6 Å². The Kier molecular flexibility index (Phi) is 4.76. The zero-order chi connectivity index (χ0) is 11.1. The van der Waals surface area contributed by atoms with Gasteiger partial charge in [0.2, 0.25) is 5.91 Å². The lowest BCUT2D eigenvalue weighted by Gasteiger charge is -2.02. The molecule has 6 heteroatoms. The van der Waals surface area contributed by atoms with Crippen LogP contribution in [0.15, 0.2) is 6.33 Å². The summed E-state index contributed by atoms with van der Waals surface area (Å²) in [5.41, 5.74) is 0. The molecule has 0 aliphatic heterocycles. The standard InChI is InChI=1S/C9H16N4O2/c1-3-15-6-9(14)10-5-4-8-11-7-13(2)12-8/h7H,3-6H2,1-2H3,(H,10,14). The highest BCUT2D eigenvalue weighted by atomic mass is 16.5. The molecule has 0 aromatic carbocycles. The van der Waals surface area contributed by atoms with E-state index in [1.807, 2.05) is 14.0 Å². The van der Waals surface area contributed by atoms with Gasteiger partial charge >= 0.3 is 0 Å². The summed E-state index contributed by atoms with van der Waals surface area (Å²) in [4.78, 5) is 15.2. The van der Waals surface area contributed by atoms with Crippen molar-refractivity contribution >= 4 is 5.91 Å². The Morgan fingerprint density at radius 2 is 2.47 bits per heavy atom. The lowest BCUT2D eigenvalue weighted by Crippen LogP contribution is -2.29. The van der Waals surface area contributed by atoms with Crippen LogP contribution in [-0.2, 0) is 23.0 Å². The first kappa shape index (κ1) is 11.6. The molecule has 0 radical (unpaired) electrons. The highest BCUT2D eigenvalue weighted by Crippen LogP contribution is 1.88. The summed E-state index contributed by atoms with van der Waals surface area (Å²) < 4.78 is 6.59. The number of hydrogen-bond acceptors (Lipinski definition) is 4. The van der Waals surface area contributed by atoms with Crippen molar-refractivity contribution in [2.75, 3.05) is 19.8 Å². The first-order valence-electron chi connectivity index (χ1n) is 4.91. The third-order valence-corrected chi connectivity index (χ3v) is 1.76. The molecular weight excluding hydrogens is 196 g/mol. The van der Waals surface area contributed by atoms with Crippen LogP contribution in [0.5, 0.6) is 0 Å². The lowest BCUT2D eigenvalue weighted by atomic mass is 10.4. The number of hydrogen-bond donors (Lipinski definition) is 1. The Balaban J connectivity index is 2.13. The van der Waals surface area contributed by atoms with Gasteiger partial charge in [-0.1, -0.05) is 0 Å². The second kappa shape index (κ2) is 6.13. The average Bonchev–Trinajstić information content (AvgIpc) is 2.61. The van der Waals surface area contributed by atoms with Crippen molar-refractivity contribution in [1.82, 2.24) is 20.1 Å². The van der Waals surface area contributed by atoms with Crippen LogP contribution in [0, 0.1) is 0 Å². The molecule has 0 unspecified atom stereocenters. The minimum Gasteiger partial charge on any atom is -0.372 e. The second-order valence-corrected chi connectivity index (χ2v) is 3.07. The van der Waals surface area contributed by atoms with Gasteiger partial charge < -0.3 is 10.1 Å². The number of aromatic nitrogens is 3. The van der Waals surface area contributed by atoms with Gasteiger partial charge in [0, 0.05) is 26.6 Å². The van der Waals surface area contributed by atoms with Crippen molar-refractivity contribution in [2.24, 2.45) is 7.05 Å². The van der Waals surface area contributed by atoms with Crippen LogP contribution < -0.4 is 5.32 Å². The summed E-state index contributed by atoms with van der Waals surface area (Å²) >= 11 is 0. The van der Waals surface area contributed by atoms with Crippen molar-refractivity contribution in [3.05, 3.63) is 12.2 Å². The number of carbonyl (C=O) groups excluding carboxylic acids is 1. The number of rotatable bonds is 6. The minimum absolute atomic E-state index is 0.104. The zero-order valence-corrected chi connectivity index (χ0v) is 9.06. The van der Waals surface area contributed by atoms with Crippen molar-refractivity contribution in [1.29, 1.82) is 0 Å². The van der Waals surface area contributed by atoms with Gasteiger partial charge in [0.15, 0.2) is 5.82 Å². The molecule has 0 saturated heterocycles. The van der Waals surface area contributed by atoms with E-state index in [2.05, 4.69) is 15.4 Å². The molecule has 0 saturated carbocycles. The number of amides is 1. The molecule has 1 N–H and O–H groups in total. The van der Waals surface area contributed by atoms with E-state index in [-0.39, 0.29) is 12.5 Å². The van der Waals surface area contributed by atoms with Gasteiger partial charge in [-0.3, -0.25) is 9.48 Å². The molecule has 0 spiro atoms. The van der Waals surface area contributed by atoms with E-state index in [1.165, 1.54) is 0 Å². The van der Waals surface area contributed by atoms with Gasteiger partial charge in [-0.25, -0.2) is 4.98 Å². The SMILES string of the molecule is CCOCC(=O)NCCc1ncn(C)n1. The fourth-order valence-electron chi connectivity index (χ4n) is 1.06. The van der Waals surface area contributed by atoms with E-state index in [9.17, 15) is 4.79 Å². The summed E-state index contributed by atoms with van der Waals surface area (Å²) in [6.07, 6.45) is 2.27. The van der Waals surface area contributed by atoms with Crippen LogP contribution in [0.3, 0.4) is 0 Å². The number of nitrogens with one attached hydrogen (secondary N) is 1. The predicted molar refractivity (Wildman–Crippen MR) is 54.2 cm³/mol. The maximum absolute atomic E-state index is 11.1. The molecule has 0 atom stereocenters. The molecule has 6 nitrogen and oxygen atoms in total. The normalized spacial score (nSPS) is 10.3. The molecule has 1 rings (SSSR count). The molecule has 1 heterocycles. The van der Waals surface area contributed by atoms with Crippen molar-refractivity contribution < 1.29 is 9.53 Å². The molecule has 1 aromatic rings. The Hall–Kier alpha value is -1.43. The number of carbonyl (C=O) groups is 1. The van der Waals surface area contributed by atoms with Crippen LogP contribution in [0.2, 0.25) is 0 Å². The average molecular weight is 212 g/mol. The van der Waals surface area contributed by atoms with E-state index in [4.69, 9.17) is 4.74 Å². The predicted octanol–water partition coefficient (Wildman–Crippen LogP) is -0.490. The highest BCUT2D eigenvalue weighted by molar-refractivity contribution is 5.77. The first-order valence-corrected chi connectivity index (χ1v) is 4.91. The third kappa shape index (κ3) is 4.55. The monoisotopic (exact) mass is 212 g/mol. The van der Waals surface area contributed by atoms with Gasteiger partial charge in [0.05, 0.1) is 0 Å². The number of nitrogens with zero attached hydrogens (tertiary/aromatic N) is 3. The van der Waals surface area contributed by atoms with Gasteiger partial charge in [-0.15, -0.1) is 0 Å². The van der Waals surface area contributed by atoms with Gasteiger partial charge in [-0.2, -0.15) is 5.10 Å². The Labute approximate surface area is 88.6 Å². The molecule has 1 amide bonds. The van der Waals surface area contributed by atoms with Crippen LogP contribution >= 0.6 is 0 Å². The van der Waals surface area contributed by atoms with Crippen molar-refractivity contribution in [3.63, 3.8) is 0 Å². The third-order valence-electron chi connectivity index (χ3n) is 1.76. The molecule has 15 heavy (non-hydrogen) atoms.